The highest BCUT2D eigenvalue weighted by Gasteiger charge is 2.33. The second kappa shape index (κ2) is 8.46. The second-order valence-electron chi connectivity index (χ2n) is 7.71. The number of aromatic nitrogens is 1. The highest BCUT2D eigenvalue weighted by Crippen LogP contribution is 2.33. The van der Waals surface area contributed by atoms with Crippen molar-refractivity contribution in [3.63, 3.8) is 0 Å². The Kier molecular flexibility index (Phi) is 6.25. The molecule has 0 unspecified atom stereocenters. The van der Waals surface area contributed by atoms with Gasteiger partial charge < -0.3 is 5.32 Å². The maximum atomic E-state index is 13.3. The molecule has 0 amide bonds. The fourth-order valence-electron chi connectivity index (χ4n) is 3.89. The van der Waals surface area contributed by atoms with Gasteiger partial charge in [0.2, 0.25) is 0 Å². The number of hydrogen-bond acceptors (Lipinski definition) is 3. The van der Waals surface area contributed by atoms with Gasteiger partial charge in [-0.05, 0) is 44.0 Å². The molecule has 148 valence electrons. The van der Waals surface area contributed by atoms with Crippen LogP contribution in [0.5, 0.6) is 0 Å². The lowest BCUT2D eigenvalue weighted by Crippen LogP contribution is -2.44. The number of nitrogens with one attached hydrogen (secondary N) is 1. The highest BCUT2D eigenvalue weighted by atomic mass is 19.4. The number of halogens is 3. The van der Waals surface area contributed by atoms with Gasteiger partial charge in [0.1, 0.15) is 5.69 Å². The fraction of sp³-hybridized carbons (Fsp3) is 0.571. The minimum Gasteiger partial charge on any atom is -0.383 e. The average Bonchev–Trinajstić information content (AvgIpc) is 2.90. The molecule has 1 aliphatic rings. The van der Waals surface area contributed by atoms with Gasteiger partial charge in [-0.25, -0.2) is 4.98 Å². The molecule has 3 rings (SSSR count). The van der Waals surface area contributed by atoms with E-state index in [1.807, 2.05) is 12.1 Å². The molecular formula is C21H28F3N3. The molecule has 0 spiro atoms. The van der Waals surface area contributed by atoms with E-state index in [1.54, 1.807) is 12.1 Å². The van der Waals surface area contributed by atoms with Crippen LogP contribution >= 0.6 is 0 Å². The lowest BCUT2D eigenvalue weighted by atomic mass is 10.0. The topological polar surface area (TPSA) is 28.2 Å². The number of nitrogens with zero attached hydrogens (tertiary/aromatic N) is 2. The van der Waals surface area contributed by atoms with Crippen molar-refractivity contribution in [2.45, 2.75) is 51.7 Å². The number of para-hydroxylation sites is 1. The molecular weight excluding hydrogens is 351 g/mol. The largest absolute Gasteiger partial charge is 0.433 e. The summed E-state index contributed by atoms with van der Waals surface area (Å²) in [5.41, 5.74) is 0.0265. The highest BCUT2D eigenvalue weighted by molar-refractivity contribution is 5.91. The first kappa shape index (κ1) is 19.9. The molecule has 1 N–H and O–H groups in total. The molecule has 27 heavy (non-hydrogen) atoms. The van der Waals surface area contributed by atoms with E-state index in [4.69, 9.17) is 0 Å². The number of pyridine rings is 1. The molecule has 1 atom stereocenters. The number of rotatable bonds is 5. The van der Waals surface area contributed by atoms with Crippen LogP contribution in [0, 0.1) is 5.92 Å². The Morgan fingerprint density at radius 1 is 1.07 bits per heavy atom. The van der Waals surface area contributed by atoms with Gasteiger partial charge >= 0.3 is 6.18 Å². The summed E-state index contributed by atoms with van der Waals surface area (Å²) in [6.45, 7) is 7.12. The van der Waals surface area contributed by atoms with Crippen LogP contribution in [0.25, 0.3) is 10.9 Å². The molecule has 1 saturated heterocycles. The molecule has 3 nitrogen and oxygen atoms in total. The summed E-state index contributed by atoms with van der Waals surface area (Å²) in [4.78, 5) is 6.29. The van der Waals surface area contributed by atoms with Crippen LogP contribution in [0.2, 0.25) is 0 Å². The summed E-state index contributed by atoms with van der Waals surface area (Å²) in [7, 11) is 0. The van der Waals surface area contributed by atoms with Crippen LogP contribution in [0.15, 0.2) is 30.3 Å². The third kappa shape index (κ3) is 4.92. The SMILES string of the molecule is CC(C)[C@H](CNc1cc(C(F)(F)F)nc2ccccc12)N1CCCCCC1. The van der Waals surface area contributed by atoms with Crippen LogP contribution in [-0.4, -0.2) is 35.6 Å². The lowest BCUT2D eigenvalue weighted by molar-refractivity contribution is -0.140. The quantitative estimate of drug-likeness (QED) is 0.736. The third-order valence-electron chi connectivity index (χ3n) is 5.39. The van der Waals surface area contributed by atoms with Crippen LogP contribution in [0.3, 0.4) is 0 Å². The predicted octanol–water partition coefficient (Wildman–Crippen LogP) is 5.57. The first-order chi connectivity index (χ1) is 12.9. The van der Waals surface area contributed by atoms with E-state index >= 15 is 0 Å². The van der Waals surface area contributed by atoms with Gasteiger partial charge in [0.05, 0.1) is 5.52 Å². The lowest BCUT2D eigenvalue weighted by Gasteiger charge is -2.34. The van der Waals surface area contributed by atoms with Gasteiger partial charge in [0.25, 0.3) is 0 Å². The summed E-state index contributed by atoms with van der Waals surface area (Å²) in [5.74, 6) is 0.422. The Morgan fingerprint density at radius 2 is 1.74 bits per heavy atom. The van der Waals surface area contributed by atoms with Gasteiger partial charge in [-0.15, -0.1) is 0 Å². The predicted molar refractivity (Wildman–Crippen MR) is 104 cm³/mol. The second-order valence-corrected chi connectivity index (χ2v) is 7.71. The molecule has 1 aromatic carbocycles. The Bertz CT molecular complexity index is 750. The first-order valence-electron chi connectivity index (χ1n) is 9.81. The van der Waals surface area contributed by atoms with Crippen molar-refractivity contribution in [2.24, 2.45) is 5.92 Å². The fourth-order valence-corrected chi connectivity index (χ4v) is 3.89. The zero-order valence-corrected chi connectivity index (χ0v) is 16.0. The molecule has 1 fully saturated rings. The number of alkyl halides is 3. The van der Waals surface area contributed by atoms with Gasteiger partial charge in [0.15, 0.2) is 0 Å². The van der Waals surface area contributed by atoms with E-state index in [0.29, 0.717) is 29.7 Å². The molecule has 1 aliphatic heterocycles. The van der Waals surface area contributed by atoms with Crippen molar-refractivity contribution in [3.05, 3.63) is 36.0 Å². The monoisotopic (exact) mass is 379 g/mol. The van der Waals surface area contributed by atoms with E-state index in [9.17, 15) is 13.2 Å². The Morgan fingerprint density at radius 3 is 2.37 bits per heavy atom. The summed E-state index contributed by atoms with van der Waals surface area (Å²) >= 11 is 0. The maximum absolute atomic E-state index is 13.3. The molecule has 0 aliphatic carbocycles. The number of fused-ring (bicyclic) bond motifs is 1. The van der Waals surface area contributed by atoms with Crippen LogP contribution < -0.4 is 5.32 Å². The summed E-state index contributed by atoms with van der Waals surface area (Å²) in [6.07, 6.45) is 0.458. The first-order valence-corrected chi connectivity index (χ1v) is 9.81. The Balaban J connectivity index is 1.85. The molecule has 2 aromatic rings. The maximum Gasteiger partial charge on any atom is 0.433 e. The molecule has 0 radical (unpaired) electrons. The zero-order valence-electron chi connectivity index (χ0n) is 16.0. The molecule has 6 heteroatoms. The zero-order chi connectivity index (χ0) is 19.4. The number of likely N-dealkylation sites (tertiary alicyclic amines) is 1. The van der Waals surface area contributed by atoms with Crippen molar-refractivity contribution >= 4 is 16.6 Å². The molecule has 2 heterocycles. The Labute approximate surface area is 159 Å². The van der Waals surface area contributed by atoms with Crippen molar-refractivity contribution in [2.75, 3.05) is 25.0 Å². The molecule has 0 saturated carbocycles. The summed E-state index contributed by atoms with van der Waals surface area (Å²) in [5, 5.41) is 4.04. The molecule has 1 aromatic heterocycles. The number of benzene rings is 1. The van der Waals surface area contributed by atoms with Crippen LogP contribution in [0.4, 0.5) is 18.9 Å². The van der Waals surface area contributed by atoms with Crippen molar-refractivity contribution in [1.29, 1.82) is 0 Å². The van der Waals surface area contributed by atoms with E-state index in [1.165, 1.54) is 25.7 Å². The van der Waals surface area contributed by atoms with Crippen molar-refractivity contribution < 1.29 is 13.2 Å². The summed E-state index contributed by atoms with van der Waals surface area (Å²) in [6, 6.07) is 8.43. The van der Waals surface area contributed by atoms with Gasteiger partial charge in [-0.3, -0.25) is 4.90 Å². The van der Waals surface area contributed by atoms with Crippen LogP contribution in [0.1, 0.15) is 45.2 Å². The van der Waals surface area contributed by atoms with Gasteiger partial charge in [-0.1, -0.05) is 44.9 Å². The molecule has 0 bridgehead atoms. The van der Waals surface area contributed by atoms with Crippen molar-refractivity contribution in [3.8, 4) is 0 Å². The van der Waals surface area contributed by atoms with E-state index in [2.05, 4.69) is 29.0 Å². The minimum atomic E-state index is -4.46. The van der Waals surface area contributed by atoms with E-state index in [-0.39, 0.29) is 0 Å². The number of hydrogen-bond donors (Lipinski definition) is 1. The normalized spacial score (nSPS) is 17.9. The minimum absolute atomic E-state index is 0.296. The average molecular weight is 379 g/mol. The van der Waals surface area contributed by atoms with Gasteiger partial charge in [0, 0.05) is 23.7 Å². The standard InChI is InChI=1S/C21H28F3N3/c1-15(2)19(27-11-7-3-4-8-12-27)14-25-18-13-20(21(22,23)24)26-17-10-6-5-9-16(17)18/h5-6,9-10,13,15,19H,3-4,7-8,11-12,14H2,1-2H3,(H,25,26)/t19-/m0/s1. The number of anilines is 1. The summed E-state index contributed by atoms with van der Waals surface area (Å²) < 4.78 is 39.8. The smallest absolute Gasteiger partial charge is 0.383 e. The third-order valence-corrected chi connectivity index (χ3v) is 5.39. The van der Waals surface area contributed by atoms with Crippen LogP contribution in [-0.2, 0) is 6.18 Å². The Hall–Kier alpha value is -1.82. The van der Waals surface area contributed by atoms with E-state index < -0.39 is 11.9 Å². The van der Waals surface area contributed by atoms with Crippen molar-refractivity contribution in [1.82, 2.24) is 9.88 Å². The van der Waals surface area contributed by atoms with E-state index in [0.717, 1.165) is 24.5 Å². The van der Waals surface area contributed by atoms with Gasteiger partial charge in [-0.2, -0.15) is 13.2 Å².